The fourth-order valence-corrected chi connectivity index (χ4v) is 3.73. The largest absolute Gasteiger partial charge is 0.339 e. The van der Waals surface area contributed by atoms with E-state index in [1.165, 1.54) is 69.8 Å². The van der Waals surface area contributed by atoms with Crippen LogP contribution in [0.25, 0.3) is 0 Å². The summed E-state index contributed by atoms with van der Waals surface area (Å²) in [5, 5.41) is 0. The van der Waals surface area contributed by atoms with Crippen LogP contribution in [0.1, 0.15) is 99.9 Å². The van der Waals surface area contributed by atoms with Crippen LogP contribution in [0.5, 0.6) is 0 Å². The Kier molecular flexibility index (Phi) is 9.69. The molecule has 0 bridgehead atoms. The van der Waals surface area contributed by atoms with Crippen LogP contribution in [0.2, 0.25) is 0 Å². The molecule has 0 radical (unpaired) electrons. The van der Waals surface area contributed by atoms with E-state index in [4.69, 9.17) is 0 Å². The predicted molar refractivity (Wildman–Crippen MR) is 107 cm³/mol. The molecule has 2 rings (SSSR count). The predicted octanol–water partition coefficient (Wildman–Crippen LogP) is 6.39. The van der Waals surface area contributed by atoms with Crippen LogP contribution in [0, 0.1) is 0 Å². The Hall–Kier alpha value is -1.31. The van der Waals surface area contributed by atoms with E-state index in [1.54, 1.807) is 0 Å². The molecule has 1 saturated heterocycles. The van der Waals surface area contributed by atoms with Gasteiger partial charge in [0.25, 0.3) is 5.91 Å². The highest BCUT2D eigenvalue weighted by Crippen LogP contribution is 2.16. The van der Waals surface area contributed by atoms with Crippen molar-refractivity contribution in [3.05, 3.63) is 35.4 Å². The first-order chi connectivity index (χ1) is 12.3. The van der Waals surface area contributed by atoms with Crippen LogP contribution < -0.4 is 0 Å². The van der Waals surface area contributed by atoms with Gasteiger partial charge in [-0.15, -0.1) is 0 Å². The molecule has 1 fully saturated rings. The van der Waals surface area contributed by atoms with Gasteiger partial charge in [0.05, 0.1) is 0 Å². The van der Waals surface area contributed by atoms with E-state index in [1.807, 2.05) is 17.0 Å². The molecule has 0 atom stereocenters. The Labute approximate surface area is 155 Å². The Morgan fingerprint density at radius 1 is 0.800 bits per heavy atom. The summed E-state index contributed by atoms with van der Waals surface area (Å²) in [7, 11) is 0. The molecule has 0 N–H and O–H groups in total. The molecule has 0 aliphatic carbocycles. The fourth-order valence-electron chi connectivity index (χ4n) is 3.73. The molecule has 2 heteroatoms. The lowest BCUT2D eigenvalue weighted by Crippen LogP contribution is -2.27. The van der Waals surface area contributed by atoms with Gasteiger partial charge >= 0.3 is 0 Å². The van der Waals surface area contributed by atoms with E-state index in [2.05, 4.69) is 19.1 Å². The maximum absolute atomic E-state index is 12.3. The zero-order valence-corrected chi connectivity index (χ0v) is 16.3. The van der Waals surface area contributed by atoms with Gasteiger partial charge in [-0.05, 0) is 43.4 Å². The van der Waals surface area contributed by atoms with Crippen molar-refractivity contribution < 1.29 is 4.79 Å². The average Bonchev–Trinajstić information content (AvgIpc) is 3.18. The van der Waals surface area contributed by atoms with Crippen molar-refractivity contribution in [3.63, 3.8) is 0 Å². The van der Waals surface area contributed by atoms with Crippen molar-refractivity contribution in [2.75, 3.05) is 13.1 Å². The number of hydrogen-bond acceptors (Lipinski definition) is 1. The third-order valence-electron chi connectivity index (χ3n) is 5.41. The van der Waals surface area contributed by atoms with Crippen molar-refractivity contribution in [3.8, 4) is 0 Å². The quantitative estimate of drug-likeness (QED) is 0.403. The first kappa shape index (κ1) is 20.0. The van der Waals surface area contributed by atoms with Crippen LogP contribution in [0.3, 0.4) is 0 Å². The number of carbonyl (C=O) groups is 1. The Morgan fingerprint density at radius 3 is 1.88 bits per heavy atom. The van der Waals surface area contributed by atoms with Gasteiger partial charge in [-0.3, -0.25) is 4.79 Å². The molecule has 1 heterocycles. The smallest absolute Gasteiger partial charge is 0.253 e. The zero-order valence-electron chi connectivity index (χ0n) is 16.3. The first-order valence-electron chi connectivity index (χ1n) is 10.7. The standard InChI is InChI=1S/C23H37NO/c1-2-3-4-5-6-7-8-9-10-11-14-21-15-17-22(18-16-21)23(25)24-19-12-13-20-24/h15-18H,2-14,19-20H2,1H3. The minimum absolute atomic E-state index is 0.211. The summed E-state index contributed by atoms with van der Waals surface area (Å²) in [5.74, 6) is 0.211. The maximum Gasteiger partial charge on any atom is 0.253 e. The van der Waals surface area contributed by atoms with Gasteiger partial charge < -0.3 is 4.90 Å². The summed E-state index contributed by atoms with van der Waals surface area (Å²) >= 11 is 0. The molecule has 1 amide bonds. The lowest BCUT2D eigenvalue weighted by atomic mass is 10.0. The van der Waals surface area contributed by atoms with Crippen molar-refractivity contribution in [2.24, 2.45) is 0 Å². The van der Waals surface area contributed by atoms with Crippen molar-refractivity contribution in [1.29, 1.82) is 0 Å². The molecule has 0 aromatic heterocycles. The number of amides is 1. The number of aryl methyl sites for hydroxylation is 1. The highest BCUT2D eigenvalue weighted by Gasteiger charge is 2.18. The van der Waals surface area contributed by atoms with E-state index < -0.39 is 0 Å². The molecule has 25 heavy (non-hydrogen) atoms. The van der Waals surface area contributed by atoms with E-state index in [0.29, 0.717) is 0 Å². The Bertz CT molecular complexity index is 473. The molecule has 1 aliphatic heterocycles. The van der Waals surface area contributed by atoms with Crippen LogP contribution in [0.4, 0.5) is 0 Å². The van der Waals surface area contributed by atoms with Crippen molar-refractivity contribution in [2.45, 2.75) is 90.4 Å². The molecular formula is C23H37NO. The normalized spacial score (nSPS) is 14.2. The maximum atomic E-state index is 12.3. The monoisotopic (exact) mass is 343 g/mol. The lowest BCUT2D eigenvalue weighted by molar-refractivity contribution is 0.0793. The summed E-state index contributed by atoms with van der Waals surface area (Å²) in [6, 6.07) is 8.34. The first-order valence-corrected chi connectivity index (χ1v) is 10.7. The van der Waals surface area contributed by atoms with Crippen LogP contribution in [-0.2, 0) is 6.42 Å². The van der Waals surface area contributed by atoms with Gasteiger partial charge in [-0.1, -0.05) is 76.8 Å². The Balaban J connectivity index is 1.53. The van der Waals surface area contributed by atoms with Crippen molar-refractivity contribution in [1.82, 2.24) is 4.90 Å². The van der Waals surface area contributed by atoms with Crippen LogP contribution in [-0.4, -0.2) is 23.9 Å². The van der Waals surface area contributed by atoms with Crippen LogP contribution >= 0.6 is 0 Å². The SMILES string of the molecule is CCCCCCCCCCCCc1ccc(C(=O)N2CCCC2)cc1. The fraction of sp³-hybridized carbons (Fsp3) is 0.696. The molecule has 0 spiro atoms. The number of rotatable bonds is 12. The third-order valence-corrected chi connectivity index (χ3v) is 5.41. The topological polar surface area (TPSA) is 20.3 Å². The van der Waals surface area contributed by atoms with Gasteiger partial charge in [0.1, 0.15) is 0 Å². The number of likely N-dealkylation sites (tertiary alicyclic amines) is 1. The number of unbranched alkanes of at least 4 members (excludes halogenated alkanes) is 9. The number of carbonyl (C=O) groups excluding carboxylic acids is 1. The minimum Gasteiger partial charge on any atom is -0.339 e. The molecule has 0 saturated carbocycles. The van der Waals surface area contributed by atoms with Gasteiger partial charge in [-0.2, -0.15) is 0 Å². The lowest BCUT2D eigenvalue weighted by Gasteiger charge is -2.15. The second kappa shape index (κ2) is 12.1. The molecular weight excluding hydrogens is 306 g/mol. The molecule has 1 aliphatic rings. The summed E-state index contributed by atoms with van der Waals surface area (Å²) in [6.07, 6.45) is 17.3. The van der Waals surface area contributed by atoms with Crippen molar-refractivity contribution >= 4 is 5.91 Å². The van der Waals surface area contributed by atoms with E-state index >= 15 is 0 Å². The molecule has 2 nitrogen and oxygen atoms in total. The Morgan fingerprint density at radius 2 is 1.32 bits per heavy atom. The van der Waals surface area contributed by atoms with Gasteiger partial charge in [0.15, 0.2) is 0 Å². The second-order valence-corrected chi connectivity index (χ2v) is 7.63. The number of nitrogens with zero attached hydrogens (tertiary/aromatic N) is 1. The summed E-state index contributed by atoms with van der Waals surface area (Å²) in [6.45, 7) is 4.14. The zero-order chi connectivity index (χ0) is 17.7. The van der Waals surface area contributed by atoms with Gasteiger partial charge in [-0.25, -0.2) is 0 Å². The molecule has 140 valence electrons. The second-order valence-electron chi connectivity index (χ2n) is 7.63. The molecule has 0 unspecified atom stereocenters. The van der Waals surface area contributed by atoms with Gasteiger partial charge in [0.2, 0.25) is 0 Å². The highest BCUT2D eigenvalue weighted by molar-refractivity contribution is 5.94. The van der Waals surface area contributed by atoms with E-state index in [0.717, 1.165) is 37.9 Å². The van der Waals surface area contributed by atoms with Gasteiger partial charge in [0, 0.05) is 18.7 Å². The summed E-state index contributed by atoms with van der Waals surface area (Å²) in [4.78, 5) is 14.3. The average molecular weight is 344 g/mol. The number of benzene rings is 1. The summed E-state index contributed by atoms with van der Waals surface area (Å²) in [5.41, 5.74) is 2.23. The van der Waals surface area contributed by atoms with E-state index in [9.17, 15) is 4.79 Å². The number of hydrogen-bond donors (Lipinski definition) is 0. The molecule has 1 aromatic carbocycles. The van der Waals surface area contributed by atoms with E-state index in [-0.39, 0.29) is 5.91 Å². The molecule has 1 aromatic rings. The third kappa shape index (κ3) is 7.63. The highest BCUT2D eigenvalue weighted by atomic mass is 16.2. The summed E-state index contributed by atoms with van der Waals surface area (Å²) < 4.78 is 0. The minimum atomic E-state index is 0.211. The van der Waals surface area contributed by atoms with Crippen LogP contribution in [0.15, 0.2) is 24.3 Å².